The fraction of sp³-hybridized carbons (Fsp3) is 0.556. The first-order chi connectivity index (χ1) is 11.6. The summed E-state index contributed by atoms with van der Waals surface area (Å²) in [5.41, 5.74) is -0.0899. The first-order valence-electron chi connectivity index (χ1n) is 8.39. The summed E-state index contributed by atoms with van der Waals surface area (Å²) in [6.45, 7) is 6.53. The van der Waals surface area contributed by atoms with Crippen LogP contribution in [-0.2, 0) is 13.0 Å². The molecule has 1 unspecified atom stereocenters. The van der Waals surface area contributed by atoms with E-state index in [1.54, 1.807) is 17.1 Å². The second-order valence-corrected chi connectivity index (χ2v) is 8.69. The Morgan fingerprint density at radius 2 is 1.96 bits per heavy atom. The zero-order chi connectivity index (χ0) is 18.7. The van der Waals surface area contributed by atoms with E-state index >= 15 is 0 Å². The summed E-state index contributed by atoms with van der Waals surface area (Å²) in [5.74, 6) is 0. The molecule has 2 N–H and O–H groups in total. The lowest BCUT2D eigenvalue weighted by molar-refractivity contribution is -0.0816. The molecule has 2 rings (SSSR count). The van der Waals surface area contributed by atoms with Crippen LogP contribution in [0.25, 0.3) is 0 Å². The van der Waals surface area contributed by atoms with Gasteiger partial charge in [0.25, 0.3) is 0 Å². The molecule has 0 aliphatic carbocycles. The van der Waals surface area contributed by atoms with Crippen LogP contribution >= 0.6 is 35.4 Å². The number of benzene rings is 1. The topological polar surface area (TPSA) is 53.8 Å². The Labute approximate surface area is 164 Å². The normalized spacial score (nSPS) is 14.5. The highest BCUT2D eigenvalue weighted by Gasteiger charge is 2.40. The van der Waals surface area contributed by atoms with Gasteiger partial charge >= 0.3 is 0 Å². The van der Waals surface area contributed by atoms with Crippen molar-refractivity contribution < 1.29 is 5.11 Å². The number of aromatic amines is 1. The number of aryl methyl sites for hydroxylation is 1. The van der Waals surface area contributed by atoms with Crippen LogP contribution in [0.1, 0.15) is 45.6 Å². The Hall–Kier alpha value is -0.880. The molecule has 1 aromatic carbocycles. The summed E-state index contributed by atoms with van der Waals surface area (Å²) in [6.07, 6.45) is 4.90. The smallest absolute Gasteiger partial charge is 0.215 e. The predicted molar refractivity (Wildman–Crippen MR) is 106 cm³/mol. The number of aliphatic hydroxyl groups is 1. The fourth-order valence-corrected chi connectivity index (χ4v) is 3.48. The van der Waals surface area contributed by atoms with E-state index in [4.69, 9.17) is 35.4 Å². The highest BCUT2D eigenvalue weighted by Crippen LogP contribution is 2.36. The van der Waals surface area contributed by atoms with Gasteiger partial charge in [-0.2, -0.15) is 0 Å². The molecule has 7 heteroatoms. The van der Waals surface area contributed by atoms with Gasteiger partial charge in [0.15, 0.2) is 0 Å². The van der Waals surface area contributed by atoms with E-state index in [1.165, 1.54) is 0 Å². The minimum atomic E-state index is -0.887. The quantitative estimate of drug-likeness (QED) is 0.479. The second-order valence-electron chi connectivity index (χ2n) is 7.48. The van der Waals surface area contributed by atoms with Gasteiger partial charge in [0.1, 0.15) is 6.33 Å². The van der Waals surface area contributed by atoms with Gasteiger partial charge in [0, 0.05) is 10.0 Å². The van der Waals surface area contributed by atoms with Crippen LogP contribution in [-0.4, -0.2) is 25.5 Å². The minimum Gasteiger partial charge on any atom is -0.387 e. The Balaban J connectivity index is 1.98. The molecule has 1 aromatic heterocycles. The van der Waals surface area contributed by atoms with E-state index in [0.29, 0.717) is 27.8 Å². The molecule has 0 aliphatic heterocycles. The Morgan fingerprint density at radius 3 is 2.52 bits per heavy atom. The van der Waals surface area contributed by atoms with E-state index in [-0.39, 0.29) is 5.41 Å². The van der Waals surface area contributed by atoms with E-state index in [9.17, 15) is 5.11 Å². The van der Waals surface area contributed by atoms with Crippen molar-refractivity contribution in [2.45, 2.75) is 58.6 Å². The largest absolute Gasteiger partial charge is 0.387 e. The van der Waals surface area contributed by atoms with Crippen LogP contribution < -0.4 is 0 Å². The van der Waals surface area contributed by atoms with Crippen LogP contribution in [0.15, 0.2) is 24.5 Å². The molecule has 2 aromatic rings. The number of aromatic nitrogens is 3. The maximum Gasteiger partial charge on any atom is 0.215 e. The summed E-state index contributed by atoms with van der Waals surface area (Å²) in [4.78, 5) is 4.02. The monoisotopic (exact) mass is 401 g/mol. The number of unbranched alkanes of at least 4 members (excludes halogenated alkanes) is 1. The Morgan fingerprint density at radius 1 is 1.24 bits per heavy atom. The summed E-state index contributed by atoms with van der Waals surface area (Å²) in [5, 5.41) is 15.6. The van der Waals surface area contributed by atoms with Gasteiger partial charge in [0.05, 0.1) is 12.1 Å². The molecule has 138 valence electrons. The van der Waals surface area contributed by atoms with Crippen LogP contribution in [0, 0.1) is 10.2 Å². The molecule has 1 heterocycles. The van der Waals surface area contributed by atoms with Crippen molar-refractivity contribution in [2.24, 2.45) is 5.41 Å². The minimum absolute atomic E-state index is 0.287. The van der Waals surface area contributed by atoms with Crippen LogP contribution in [0.3, 0.4) is 0 Å². The number of nitrogens with zero attached hydrogens (tertiary/aromatic N) is 2. The third kappa shape index (κ3) is 5.30. The molecule has 25 heavy (non-hydrogen) atoms. The first-order valence-corrected chi connectivity index (χ1v) is 9.55. The third-order valence-corrected chi connectivity index (χ3v) is 5.65. The number of hydrogen-bond donors (Lipinski definition) is 2. The van der Waals surface area contributed by atoms with Gasteiger partial charge in [-0.05, 0) is 54.6 Å². The zero-order valence-electron chi connectivity index (χ0n) is 14.9. The second kappa shape index (κ2) is 8.21. The molecule has 0 aliphatic rings. The SMILES string of the molecule is CC(C)(C)C(O)(CCCCc1ccc(Cl)cc1Cl)Cn1[nH]cnc1=S. The first kappa shape index (κ1) is 20.4. The molecular weight excluding hydrogens is 377 g/mol. The Kier molecular flexibility index (Phi) is 6.71. The molecule has 0 saturated carbocycles. The summed E-state index contributed by atoms with van der Waals surface area (Å²) < 4.78 is 2.17. The van der Waals surface area contributed by atoms with E-state index in [2.05, 4.69) is 10.1 Å². The Bertz CT molecular complexity index is 766. The zero-order valence-corrected chi connectivity index (χ0v) is 17.2. The number of nitrogens with one attached hydrogen (secondary N) is 1. The number of H-pyrrole nitrogens is 1. The number of rotatable bonds is 7. The molecule has 0 fully saturated rings. The fourth-order valence-electron chi connectivity index (χ4n) is 2.80. The summed E-state index contributed by atoms with van der Waals surface area (Å²) >= 11 is 17.3. The molecule has 0 amide bonds. The van der Waals surface area contributed by atoms with Crippen molar-refractivity contribution >= 4 is 35.4 Å². The number of halogens is 2. The molecular formula is C18H25Cl2N3OS. The highest BCUT2D eigenvalue weighted by atomic mass is 35.5. The standard InChI is InChI=1S/C18H25Cl2N3OS/c1-17(2,3)18(24,11-23-16(25)21-12-22-23)9-5-4-6-13-7-8-14(19)10-15(13)20/h7-8,10,12,24H,4-6,9,11H2,1-3H3,(H,21,22,25). The van der Waals surface area contributed by atoms with Crippen molar-refractivity contribution in [3.8, 4) is 0 Å². The summed E-state index contributed by atoms with van der Waals surface area (Å²) in [7, 11) is 0. The van der Waals surface area contributed by atoms with Crippen LogP contribution in [0.4, 0.5) is 0 Å². The van der Waals surface area contributed by atoms with E-state index in [1.807, 2.05) is 32.9 Å². The molecule has 4 nitrogen and oxygen atoms in total. The van der Waals surface area contributed by atoms with Gasteiger partial charge in [-0.15, -0.1) is 0 Å². The molecule has 0 bridgehead atoms. The van der Waals surface area contributed by atoms with Gasteiger partial charge in [0.2, 0.25) is 4.77 Å². The van der Waals surface area contributed by atoms with Gasteiger partial charge < -0.3 is 5.11 Å². The van der Waals surface area contributed by atoms with Crippen molar-refractivity contribution in [1.82, 2.24) is 14.8 Å². The maximum absolute atomic E-state index is 11.3. The van der Waals surface area contributed by atoms with Crippen LogP contribution in [0.5, 0.6) is 0 Å². The molecule has 0 saturated heterocycles. The lowest BCUT2D eigenvalue weighted by Gasteiger charge is -2.40. The predicted octanol–water partition coefficient (Wildman–Crippen LogP) is 5.44. The molecule has 0 radical (unpaired) electrons. The molecule has 1 atom stereocenters. The van der Waals surface area contributed by atoms with Crippen molar-refractivity contribution in [2.75, 3.05) is 0 Å². The van der Waals surface area contributed by atoms with Crippen molar-refractivity contribution in [3.63, 3.8) is 0 Å². The van der Waals surface area contributed by atoms with Gasteiger partial charge in [-0.3, -0.25) is 9.78 Å². The van der Waals surface area contributed by atoms with Crippen molar-refractivity contribution in [1.29, 1.82) is 0 Å². The maximum atomic E-state index is 11.3. The average molecular weight is 402 g/mol. The molecule has 0 spiro atoms. The summed E-state index contributed by atoms with van der Waals surface area (Å²) in [6, 6.07) is 5.59. The third-order valence-electron chi connectivity index (χ3n) is 4.74. The van der Waals surface area contributed by atoms with Gasteiger partial charge in [-0.1, -0.05) is 56.5 Å². The van der Waals surface area contributed by atoms with Crippen LogP contribution in [0.2, 0.25) is 10.0 Å². The lowest BCUT2D eigenvalue weighted by atomic mass is 9.73. The lowest BCUT2D eigenvalue weighted by Crippen LogP contribution is -2.46. The van der Waals surface area contributed by atoms with E-state index < -0.39 is 5.60 Å². The van der Waals surface area contributed by atoms with Gasteiger partial charge in [-0.25, -0.2) is 4.98 Å². The van der Waals surface area contributed by atoms with Crippen molar-refractivity contribution in [3.05, 3.63) is 44.9 Å². The highest BCUT2D eigenvalue weighted by molar-refractivity contribution is 7.71. The average Bonchev–Trinajstić information content (AvgIpc) is 2.89. The number of hydrogen-bond acceptors (Lipinski definition) is 3. The van der Waals surface area contributed by atoms with E-state index in [0.717, 1.165) is 24.8 Å².